The van der Waals surface area contributed by atoms with Crippen LogP contribution in [-0.4, -0.2) is 31.1 Å². The molecule has 1 N–H and O–H groups in total. The zero-order chi connectivity index (χ0) is 10.8. The number of nitrogens with zero attached hydrogens (tertiary/aromatic N) is 1. The van der Waals surface area contributed by atoms with Crippen LogP contribution in [0, 0.1) is 6.92 Å². The first-order valence-electron chi connectivity index (χ1n) is 5.36. The van der Waals surface area contributed by atoms with E-state index in [1.807, 2.05) is 6.07 Å². The molecule has 1 heterocycles. The molecule has 0 aromatic heterocycles. The van der Waals surface area contributed by atoms with Crippen molar-refractivity contribution in [3.05, 3.63) is 28.8 Å². The van der Waals surface area contributed by atoms with E-state index < -0.39 is 0 Å². The zero-order valence-corrected chi connectivity index (χ0v) is 10.0. The number of anilines is 1. The number of rotatable bonds is 2. The Morgan fingerprint density at radius 1 is 1.47 bits per heavy atom. The van der Waals surface area contributed by atoms with Gasteiger partial charge in [-0.15, -0.1) is 0 Å². The van der Waals surface area contributed by atoms with E-state index in [2.05, 4.69) is 36.3 Å². The van der Waals surface area contributed by atoms with Crippen LogP contribution in [-0.2, 0) is 0 Å². The van der Waals surface area contributed by atoms with Gasteiger partial charge in [0.05, 0.1) is 10.7 Å². The number of benzene rings is 1. The maximum Gasteiger partial charge on any atom is 0.0640 e. The van der Waals surface area contributed by atoms with Crippen molar-refractivity contribution in [1.29, 1.82) is 0 Å². The van der Waals surface area contributed by atoms with Gasteiger partial charge in [0.15, 0.2) is 0 Å². The summed E-state index contributed by atoms with van der Waals surface area (Å²) in [4.78, 5) is 2.33. The van der Waals surface area contributed by atoms with Crippen LogP contribution in [0.25, 0.3) is 0 Å². The molecule has 0 amide bonds. The smallest absolute Gasteiger partial charge is 0.0640 e. The molecule has 1 aromatic carbocycles. The van der Waals surface area contributed by atoms with Crippen molar-refractivity contribution < 1.29 is 0 Å². The molecule has 0 radical (unpaired) electrons. The summed E-state index contributed by atoms with van der Waals surface area (Å²) in [5.74, 6) is 0. The fourth-order valence-electron chi connectivity index (χ4n) is 2.01. The average molecular weight is 225 g/mol. The molecular formula is C12H17ClN2. The van der Waals surface area contributed by atoms with Crippen LogP contribution in [0.4, 0.5) is 5.69 Å². The second kappa shape index (κ2) is 4.42. The van der Waals surface area contributed by atoms with E-state index in [-0.39, 0.29) is 0 Å². The molecule has 2 rings (SSSR count). The summed E-state index contributed by atoms with van der Waals surface area (Å²) >= 11 is 6.17. The number of likely N-dealkylation sites (tertiary alicyclic amines) is 1. The summed E-state index contributed by atoms with van der Waals surface area (Å²) in [6.45, 7) is 4.32. The van der Waals surface area contributed by atoms with Gasteiger partial charge in [-0.1, -0.05) is 17.7 Å². The molecule has 1 fully saturated rings. The SMILES string of the molecule is Cc1ccc(NC2CCN(C)C2)c(Cl)c1. The van der Waals surface area contributed by atoms with Crippen molar-refractivity contribution in [1.82, 2.24) is 4.90 Å². The molecule has 1 unspecified atom stereocenters. The van der Waals surface area contributed by atoms with Crippen LogP contribution in [0.2, 0.25) is 5.02 Å². The van der Waals surface area contributed by atoms with Crippen LogP contribution in [0.3, 0.4) is 0 Å². The fraction of sp³-hybridized carbons (Fsp3) is 0.500. The third-order valence-electron chi connectivity index (χ3n) is 2.88. The highest BCUT2D eigenvalue weighted by molar-refractivity contribution is 6.33. The Bertz CT molecular complexity index is 351. The second-order valence-corrected chi connectivity index (χ2v) is 4.78. The summed E-state index contributed by atoms with van der Waals surface area (Å²) < 4.78 is 0. The lowest BCUT2D eigenvalue weighted by Crippen LogP contribution is -2.23. The van der Waals surface area contributed by atoms with Gasteiger partial charge >= 0.3 is 0 Å². The standard InChI is InChI=1S/C12H17ClN2/c1-9-3-4-12(11(13)7-9)14-10-5-6-15(2)8-10/h3-4,7,10,14H,5-6,8H2,1-2H3. The third kappa shape index (κ3) is 2.64. The topological polar surface area (TPSA) is 15.3 Å². The Morgan fingerprint density at radius 2 is 2.27 bits per heavy atom. The normalized spacial score (nSPS) is 21.9. The molecule has 0 bridgehead atoms. The molecule has 1 saturated heterocycles. The fourth-order valence-corrected chi connectivity index (χ4v) is 2.30. The van der Waals surface area contributed by atoms with E-state index in [4.69, 9.17) is 11.6 Å². The molecular weight excluding hydrogens is 208 g/mol. The van der Waals surface area contributed by atoms with E-state index >= 15 is 0 Å². The van der Waals surface area contributed by atoms with Crippen molar-refractivity contribution in [2.24, 2.45) is 0 Å². The Kier molecular flexibility index (Phi) is 3.17. The summed E-state index contributed by atoms with van der Waals surface area (Å²) in [5, 5.41) is 4.32. The van der Waals surface area contributed by atoms with Crippen LogP contribution in [0.15, 0.2) is 18.2 Å². The summed E-state index contributed by atoms with van der Waals surface area (Å²) in [7, 11) is 2.15. The van der Waals surface area contributed by atoms with Gasteiger partial charge < -0.3 is 10.2 Å². The first-order chi connectivity index (χ1) is 7.15. The molecule has 0 aliphatic carbocycles. The minimum atomic E-state index is 0.537. The van der Waals surface area contributed by atoms with Crippen molar-refractivity contribution >= 4 is 17.3 Å². The molecule has 82 valence electrons. The van der Waals surface area contributed by atoms with Gasteiger partial charge in [0, 0.05) is 12.6 Å². The lowest BCUT2D eigenvalue weighted by molar-refractivity contribution is 0.414. The average Bonchev–Trinajstić information content (AvgIpc) is 2.56. The Labute approximate surface area is 96.2 Å². The summed E-state index contributed by atoms with van der Waals surface area (Å²) in [6, 6.07) is 6.70. The minimum absolute atomic E-state index is 0.537. The molecule has 0 spiro atoms. The van der Waals surface area contributed by atoms with Crippen molar-refractivity contribution in [2.45, 2.75) is 19.4 Å². The van der Waals surface area contributed by atoms with Crippen LogP contribution in [0.5, 0.6) is 0 Å². The van der Waals surface area contributed by atoms with Gasteiger partial charge in [-0.05, 0) is 44.6 Å². The zero-order valence-electron chi connectivity index (χ0n) is 9.26. The highest BCUT2D eigenvalue weighted by atomic mass is 35.5. The van der Waals surface area contributed by atoms with Crippen molar-refractivity contribution in [2.75, 3.05) is 25.5 Å². The summed E-state index contributed by atoms with van der Waals surface area (Å²) in [5.41, 5.74) is 2.26. The molecule has 15 heavy (non-hydrogen) atoms. The van der Waals surface area contributed by atoms with Crippen LogP contribution in [0.1, 0.15) is 12.0 Å². The van der Waals surface area contributed by atoms with Gasteiger partial charge in [-0.3, -0.25) is 0 Å². The number of halogens is 1. The van der Waals surface area contributed by atoms with Gasteiger partial charge in [-0.2, -0.15) is 0 Å². The Hall–Kier alpha value is -0.730. The van der Waals surface area contributed by atoms with E-state index in [1.165, 1.54) is 18.5 Å². The maximum atomic E-state index is 6.17. The molecule has 1 aliphatic heterocycles. The first kappa shape index (κ1) is 10.8. The van der Waals surface area contributed by atoms with E-state index in [9.17, 15) is 0 Å². The second-order valence-electron chi connectivity index (χ2n) is 4.38. The number of hydrogen-bond donors (Lipinski definition) is 1. The highest BCUT2D eigenvalue weighted by Gasteiger charge is 2.19. The number of likely N-dealkylation sites (N-methyl/N-ethyl adjacent to an activating group) is 1. The Morgan fingerprint density at radius 3 is 2.87 bits per heavy atom. The Balaban J connectivity index is 2.04. The van der Waals surface area contributed by atoms with E-state index in [1.54, 1.807) is 0 Å². The molecule has 1 aromatic rings. The predicted molar refractivity (Wildman–Crippen MR) is 65.7 cm³/mol. The van der Waals surface area contributed by atoms with Crippen molar-refractivity contribution in [3.8, 4) is 0 Å². The van der Waals surface area contributed by atoms with Gasteiger partial charge in [0.25, 0.3) is 0 Å². The van der Waals surface area contributed by atoms with E-state index in [0.29, 0.717) is 6.04 Å². The lowest BCUT2D eigenvalue weighted by Gasteiger charge is -2.15. The summed E-state index contributed by atoms with van der Waals surface area (Å²) in [6.07, 6.45) is 1.20. The van der Waals surface area contributed by atoms with Gasteiger partial charge in [0.1, 0.15) is 0 Å². The van der Waals surface area contributed by atoms with Gasteiger partial charge in [-0.25, -0.2) is 0 Å². The molecule has 2 nitrogen and oxygen atoms in total. The van der Waals surface area contributed by atoms with Crippen LogP contribution >= 0.6 is 11.6 Å². The van der Waals surface area contributed by atoms with Crippen LogP contribution < -0.4 is 5.32 Å². The first-order valence-corrected chi connectivity index (χ1v) is 5.74. The number of aryl methyl sites for hydroxylation is 1. The van der Waals surface area contributed by atoms with E-state index in [0.717, 1.165) is 17.3 Å². The maximum absolute atomic E-state index is 6.17. The lowest BCUT2D eigenvalue weighted by atomic mass is 10.2. The third-order valence-corrected chi connectivity index (χ3v) is 3.19. The monoisotopic (exact) mass is 224 g/mol. The number of hydrogen-bond acceptors (Lipinski definition) is 2. The predicted octanol–water partition coefficient (Wildman–Crippen LogP) is 2.76. The van der Waals surface area contributed by atoms with Crippen molar-refractivity contribution in [3.63, 3.8) is 0 Å². The minimum Gasteiger partial charge on any atom is -0.380 e. The number of nitrogens with one attached hydrogen (secondary N) is 1. The van der Waals surface area contributed by atoms with Gasteiger partial charge in [0.2, 0.25) is 0 Å². The molecule has 1 aliphatic rings. The largest absolute Gasteiger partial charge is 0.380 e. The molecule has 1 atom stereocenters. The quantitative estimate of drug-likeness (QED) is 0.831. The molecule has 0 saturated carbocycles. The molecule has 3 heteroatoms. The highest BCUT2D eigenvalue weighted by Crippen LogP contribution is 2.24.